The Morgan fingerprint density at radius 1 is 1.08 bits per heavy atom. The maximum atomic E-state index is 13.3. The van der Waals surface area contributed by atoms with E-state index in [0.29, 0.717) is 40.7 Å². The van der Waals surface area contributed by atoms with Crippen molar-refractivity contribution in [3.63, 3.8) is 0 Å². The first-order valence-electron chi connectivity index (χ1n) is 13.6. The quantitative estimate of drug-likeness (QED) is 0.426. The van der Waals surface area contributed by atoms with Gasteiger partial charge in [-0.05, 0) is 73.8 Å². The third-order valence-electron chi connectivity index (χ3n) is 8.86. The van der Waals surface area contributed by atoms with Crippen LogP contribution in [-0.2, 0) is 10.0 Å². The zero-order valence-corrected chi connectivity index (χ0v) is 23.5. The van der Waals surface area contributed by atoms with E-state index in [4.69, 9.17) is 11.6 Å². The third-order valence-corrected chi connectivity index (χ3v) is 10.9. The van der Waals surface area contributed by atoms with E-state index >= 15 is 0 Å². The summed E-state index contributed by atoms with van der Waals surface area (Å²) in [5.41, 5.74) is 2.00. The molecule has 0 radical (unpaired) electrons. The maximum Gasteiger partial charge on any atom is 0.271 e. The number of aryl methyl sites for hydroxylation is 1. The number of fused-ring (bicyclic) bond motifs is 1. The minimum Gasteiger partial charge on any atom is -0.324 e. The summed E-state index contributed by atoms with van der Waals surface area (Å²) in [5, 5.41) is 4.11. The molecule has 3 heterocycles. The van der Waals surface area contributed by atoms with Gasteiger partial charge < -0.3 is 5.32 Å². The fourth-order valence-electron chi connectivity index (χ4n) is 6.42. The lowest BCUT2D eigenvalue weighted by atomic mass is 9.67. The van der Waals surface area contributed by atoms with Crippen molar-refractivity contribution in [2.75, 3.05) is 18.4 Å². The van der Waals surface area contributed by atoms with Gasteiger partial charge in [0.25, 0.3) is 5.56 Å². The Bertz CT molecular complexity index is 1550. The number of halogens is 1. The summed E-state index contributed by atoms with van der Waals surface area (Å²) in [6.07, 6.45) is 10.3. The smallest absolute Gasteiger partial charge is 0.271 e. The summed E-state index contributed by atoms with van der Waals surface area (Å²) in [5.74, 6) is 1.09. The van der Waals surface area contributed by atoms with Gasteiger partial charge in [-0.15, -0.1) is 0 Å². The first kappa shape index (κ1) is 25.8. The number of rotatable bonds is 5. The average Bonchev–Trinajstić information content (AvgIpc) is 3.40. The number of benzene rings is 1. The molecule has 38 heavy (non-hydrogen) atoms. The first-order valence-corrected chi connectivity index (χ1v) is 15.4. The second-order valence-corrected chi connectivity index (χ2v) is 14.0. The normalized spacial score (nSPS) is 20.7. The fraction of sp³-hybridized carbons (Fsp3) is 0.536. The predicted octanol–water partition coefficient (Wildman–Crippen LogP) is 5.81. The van der Waals surface area contributed by atoms with Crippen molar-refractivity contribution >= 4 is 44.3 Å². The van der Waals surface area contributed by atoms with Crippen LogP contribution in [0.5, 0.6) is 0 Å². The van der Waals surface area contributed by atoms with Gasteiger partial charge in [-0.1, -0.05) is 44.2 Å². The highest BCUT2D eigenvalue weighted by Gasteiger charge is 2.49. The van der Waals surface area contributed by atoms with Gasteiger partial charge in [0.15, 0.2) is 0 Å². The number of pyridine rings is 1. The molecular formula is C28H34ClN5O3S. The molecule has 8 nitrogen and oxygen atoms in total. The van der Waals surface area contributed by atoms with Gasteiger partial charge in [0.1, 0.15) is 10.7 Å². The van der Waals surface area contributed by atoms with Crippen molar-refractivity contribution < 1.29 is 8.42 Å². The van der Waals surface area contributed by atoms with E-state index in [1.165, 1.54) is 12.8 Å². The minimum absolute atomic E-state index is 0.0790. The molecule has 3 aromatic rings. The first-order chi connectivity index (χ1) is 18.1. The van der Waals surface area contributed by atoms with Gasteiger partial charge >= 0.3 is 0 Å². The molecular weight excluding hydrogens is 522 g/mol. The van der Waals surface area contributed by atoms with Crippen LogP contribution in [0.3, 0.4) is 0 Å². The summed E-state index contributed by atoms with van der Waals surface area (Å²) in [6.45, 7) is 5.40. The van der Waals surface area contributed by atoms with Crippen LogP contribution in [0.15, 0.2) is 40.2 Å². The summed E-state index contributed by atoms with van der Waals surface area (Å²) < 4.78 is 30.0. The number of nitrogens with zero attached hydrogens (tertiary/aromatic N) is 4. The summed E-state index contributed by atoms with van der Waals surface area (Å²) in [7, 11) is -3.53. The second kappa shape index (κ2) is 9.61. The Balaban J connectivity index is 1.23. The van der Waals surface area contributed by atoms with Gasteiger partial charge in [0, 0.05) is 36.4 Å². The van der Waals surface area contributed by atoms with Crippen molar-refractivity contribution in [1.82, 2.24) is 18.8 Å². The number of nitrogens with one attached hydrogen (secondary N) is 1. The van der Waals surface area contributed by atoms with E-state index in [2.05, 4.69) is 22.2 Å². The van der Waals surface area contributed by atoms with Gasteiger partial charge in [-0.2, -0.15) is 9.29 Å². The molecule has 1 spiro atoms. The number of aromatic nitrogens is 3. The van der Waals surface area contributed by atoms with Crippen LogP contribution in [0.2, 0.25) is 5.02 Å². The molecule has 0 bridgehead atoms. The summed E-state index contributed by atoms with van der Waals surface area (Å²) >= 11 is 6.24. The molecule has 3 aliphatic rings. The molecule has 1 N–H and O–H groups in total. The van der Waals surface area contributed by atoms with Gasteiger partial charge in [0.2, 0.25) is 16.0 Å². The van der Waals surface area contributed by atoms with Crippen LogP contribution in [-0.4, -0.2) is 40.3 Å². The Hall–Kier alpha value is -2.49. The molecule has 6 rings (SSSR count). The zero-order chi connectivity index (χ0) is 26.7. The summed E-state index contributed by atoms with van der Waals surface area (Å²) in [6, 6.07) is 6.82. The van der Waals surface area contributed by atoms with Crippen LogP contribution >= 0.6 is 11.6 Å². The Labute approximate surface area is 228 Å². The second-order valence-electron chi connectivity index (χ2n) is 11.6. The molecule has 1 aromatic carbocycles. The lowest BCUT2D eigenvalue weighted by Gasteiger charge is -2.52. The molecule has 1 aliphatic heterocycles. The molecule has 0 atom stereocenters. The van der Waals surface area contributed by atoms with E-state index in [-0.39, 0.29) is 22.0 Å². The highest BCUT2D eigenvalue weighted by molar-refractivity contribution is 7.89. The van der Waals surface area contributed by atoms with Crippen molar-refractivity contribution in [2.24, 2.45) is 11.3 Å². The fourth-order valence-corrected chi connectivity index (χ4v) is 8.38. The van der Waals surface area contributed by atoms with Crippen LogP contribution < -0.4 is 10.9 Å². The molecule has 1 saturated heterocycles. The monoisotopic (exact) mass is 555 g/mol. The Kier molecular flexibility index (Phi) is 6.52. The maximum absolute atomic E-state index is 13.3. The number of hydrogen-bond donors (Lipinski definition) is 1. The van der Waals surface area contributed by atoms with E-state index in [0.717, 1.165) is 50.0 Å². The van der Waals surface area contributed by atoms with Crippen molar-refractivity contribution in [2.45, 2.75) is 76.2 Å². The molecule has 3 fully saturated rings. The van der Waals surface area contributed by atoms with Crippen molar-refractivity contribution in [3.05, 3.63) is 51.4 Å². The highest BCUT2D eigenvalue weighted by Crippen LogP contribution is 2.47. The van der Waals surface area contributed by atoms with Crippen molar-refractivity contribution in [1.29, 1.82) is 0 Å². The highest BCUT2D eigenvalue weighted by atomic mass is 35.5. The molecule has 0 amide bonds. The van der Waals surface area contributed by atoms with E-state index < -0.39 is 10.0 Å². The lowest BCUT2D eigenvalue weighted by Crippen LogP contribution is -2.59. The standard InChI is InChI=1S/C28H34ClN5O3S/c1-18-9-11-28(12-10-18)16-33(17-28)38(36,37)22-7-8-24(19(2)13-22)31-27-30-15-20-14-23(29)26(35)34(25(20)32-27)21-5-3-4-6-21/h7-8,13-15,18,21H,3-6,9-12,16-17H2,1-2H3,(H,30,31,32). The van der Waals surface area contributed by atoms with Gasteiger partial charge in [0.05, 0.1) is 4.90 Å². The minimum atomic E-state index is -3.53. The molecule has 10 heteroatoms. The largest absolute Gasteiger partial charge is 0.324 e. The average molecular weight is 556 g/mol. The Morgan fingerprint density at radius 2 is 1.79 bits per heavy atom. The van der Waals surface area contributed by atoms with E-state index in [9.17, 15) is 13.2 Å². The van der Waals surface area contributed by atoms with Crippen LogP contribution in [0.1, 0.15) is 69.9 Å². The molecule has 2 aromatic heterocycles. The van der Waals surface area contributed by atoms with E-state index in [1.54, 1.807) is 39.3 Å². The number of anilines is 2. The van der Waals surface area contributed by atoms with Crippen LogP contribution in [0.4, 0.5) is 11.6 Å². The van der Waals surface area contributed by atoms with Crippen molar-refractivity contribution in [3.8, 4) is 0 Å². The number of sulfonamides is 1. The van der Waals surface area contributed by atoms with Crippen LogP contribution in [0, 0.1) is 18.3 Å². The lowest BCUT2D eigenvalue weighted by molar-refractivity contribution is 0.0178. The topological polar surface area (TPSA) is 97.2 Å². The molecule has 2 saturated carbocycles. The van der Waals surface area contributed by atoms with Gasteiger partial charge in [-0.3, -0.25) is 9.36 Å². The third kappa shape index (κ3) is 4.52. The van der Waals surface area contributed by atoms with E-state index in [1.807, 2.05) is 6.92 Å². The molecule has 2 aliphatic carbocycles. The summed E-state index contributed by atoms with van der Waals surface area (Å²) in [4.78, 5) is 22.3. The van der Waals surface area contributed by atoms with Crippen LogP contribution in [0.25, 0.3) is 11.0 Å². The SMILES string of the molecule is Cc1cc(S(=O)(=O)N2CC3(CCC(C)CC3)C2)ccc1Nc1ncc2cc(Cl)c(=O)n(C3CCCC3)c2n1. The van der Waals surface area contributed by atoms with Gasteiger partial charge in [-0.25, -0.2) is 13.4 Å². The Morgan fingerprint density at radius 3 is 2.47 bits per heavy atom. The molecule has 202 valence electrons. The predicted molar refractivity (Wildman–Crippen MR) is 150 cm³/mol. The number of hydrogen-bond acceptors (Lipinski definition) is 6. The molecule has 0 unspecified atom stereocenters. The zero-order valence-electron chi connectivity index (χ0n) is 21.9.